The van der Waals surface area contributed by atoms with Gasteiger partial charge in [0.25, 0.3) is 0 Å². The third kappa shape index (κ3) is 7.75. The molecule has 2 saturated heterocycles. The number of tetrazole rings is 1. The molecule has 0 aliphatic carbocycles. The molecule has 2 aliphatic rings. The number of rotatable bonds is 12. The smallest absolute Gasteiger partial charge is 0.319 e. The van der Waals surface area contributed by atoms with E-state index in [1.165, 1.54) is 40.0 Å². The van der Waals surface area contributed by atoms with E-state index < -0.39 is 46.6 Å². The van der Waals surface area contributed by atoms with Crippen LogP contribution in [0, 0.1) is 0 Å². The summed E-state index contributed by atoms with van der Waals surface area (Å²) < 4.78 is 30.8. The first-order chi connectivity index (χ1) is 25.5. The SMILES string of the molecule is CCn1nnc([C@H]2O[C@@H](n3cnc4c(N[C@H](CO)Cc5ccccc5)nc(N5CC[C@@H](NC(=O)Nc6ccc(S(N)(=O)=O)cc6)C5)nc43)[C@H](O)[C@@H]2O)n1. The highest BCUT2D eigenvalue weighted by Crippen LogP contribution is 2.39. The highest BCUT2D eigenvalue weighted by Gasteiger charge is 2.47. The van der Waals surface area contributed by atoms with Crippen LogP contribution in [0.2, 0.25) is 0 Å². The number of aliphatic hydroxyl groups is 3. The summed E-state index contributed by atoms with van der Waals surface area (Å²) in [4.78, 5) is 30.2. The van der Waals surface area contributed by atoms with Crippen LogP contribution in [-0.2, 0) is 27.7 Å². The van der Waals surface area contributed by atoms with Gasteiger partial charge in [0.15, 0.2) is 29.3 Å². The van der Waals surface area contributed by atoms with Gasteiger partial charge in [-0.2, -0.15) is 14.8 Å². The number of fused-ring (bicyclic) bond motifs is 1. The molecule has 8 N–H and O–H groups in total. The topological polar surface area (TPSA) is 274 Å². The van der Waals surface area contributed by atoms with Crippen molar-refractivity contribution in [3.05, 3.63) is 72.3 Å². The number of anilines is 3. The van der Waals surface area contributed by atoms with Crippen LogP contribution in [-0.4, -0.2) is 113 Å². The molecule has 5 heterocycles. The number of primary sulfonamides is 1. The number of ether oxygens (including phenoxy) is 1. The molecule has 7 rings (SSSR count). The number of sulfonamides is 1. The lowest BCUT2D eigenvalue weighted by Gasteiger charge is -2.22. The zero-order chi connectivity index (χ0) is 37.3. The predicted octanol–water partition coefficient (Wildman–Crippen LogP) is -0.112. The van der Waals surface area contributed by atoms with Gasteiger partial charge in [-0.3, -0.25) is 4.57 Å². The molecular weight excluding hydrogens is 711 g/mol. The molecule has 21 heteroatoms. The Bertz CT molecular complexity index is 2170. The number of aliphatic hydroxyl groups excluding tert-OH is 3. The number of amides is 2. The van der Waals surface area contributed by atoms with E-state index in [9.17, 15) is 28.5 Å². The first-order valence-electron chi connectivity index (χ1n) is 16.9. The minimum Gasteiger partial charge on any atom is -0.394 e. The lowest BCUT2D eigenvalue weighted by molar-refractivity contribution is -0.0384. The Morgan fingerprint density at radius 3 is 2.57 bits per heavy atom. The number of hydrogen-bond donors (Lipinski definition) is 7. The normalized spacial score (nSPS) is 22.3. The summed E-state index contributed by atoms with van der Waals surface area (Å²) in [6.45, 7) is 2.90. The van der Waals surface area contributed by atoms with Crippen LogP contribution in [0.1, 0.15) is 37.1 Å². The third-order valence-electron chi connectivity index (χ3n) is 9.06. The Balaban J connectivity index is 1.14. The molecule has 20 nitrogen and oxygen atoms in total. The molecule has 2 aliphatic heterocycles. The minimum atomic E-state index is -3.87. The van der Waals surface area contributed by atoms with Crippen LogP contribution in [0.4, 0.5) is 22.2 Å². The highest BCUT2D eigenvalue weighted by molar-refractivity contribution is 7.89. The number of carbonyl (C=O) groups excluding carboxylic acids is 1. The Morgan fingerprint density at radius 2 is 1.87 bits per heavy atom. The van der Waals surface area contributed by atoms with E-state index in [4.69, 9.17) is 19.8 Å². The molecule has 6 atom stereocenters. The van der Waals surface area contributed by atoms with Crippen molar-refractivity contribution in [3.63, 3.8) is 0 Å². The first-order valence-corrected chi connectivity index (χ1v) is 18.5. The molecule has 3 aromatic heterocycles. The van der Waals surface area contributed by atoms with E-state index in [0.717, 1.165) is 5.56 Å². The van der Waals surface area contributed by atoms with Gasteiger partial charge in [-0.1, -0.05) is 30.3 Å². The van der Waals surface area contributed by atoms with E-state index in [0.29, 0.717) is 55.4 Å². The summed E-state index contributed by atoms with van der Waals surface area (Å²) in [7, 11) is -3.87. The van der Waals surface area contributed by atoms with Crippen molar-refractivity contribution in [2.45, 2.75) is 67.8 Å². The number of aromatic nitrogens is 8. The van der Waals surface area contributed by atoms with Gasteiger partial charge < -0.3 is 40.9 Å². The molecule has 0 spiro atoms. The average Bonchev–Trinajstić information content (AvgIpc) is 3.96. The van der Waals surface area contributed by atoms with Gasteiger partial charge in [0.2, 0.25) is 21.8 Å². The molecule has 5 aromatic rings. The molecule has 2 aromatic carbocycles. The van der Waals surface area contributed by atoms with Crippen molar-refractivity contribution in [1.29, 1.82) is 0 Å². The summed E-state index contributed by atoms with van der Waals surface area (Å²) in [5, 5.41) is 58.8. The van der Waals surface area contributed by atoms with Crippen LogP contribution < -0.4 is 26.0 Å². The maximum absolute atomic E-state index is 12.9. The fraction of sp³-hybridized carbons (Fsp3) is 0.406. The number of nitrogens with two attached hydrogens (primary N) is 1. The van der Waals surface area contributed by atoms with Gasteiger partial charge in [-0.05, 0) is 54.8 Å². The van der Waals surface area contributed by atoms with E-state index in [1.807, 2.05) is 42.2 Å². The van der Waals surface area contributed by atoms with Gasteiger partial charge in [0.05, 0.1) is 30.4 Å². The fourth-order valence-electron chi connectivity index (χ4n) is 6.33. The molecule has 0 unspecified atom stereocenters. The van der Waals surface area contributed by atoms with Crippen LogP contribution >= 0.6 is 0 Å². The second kappa shape index (κ2) is 15.0. The first kappa shape index (κ1) is 36.1. The number of nitrogens with one attached hydrogen (secondary N) is 3. The summed E-state index contributed by atoms with van der Waals surface area (Å²) in [6, 6.07) is 13.9. The molecule has 0 radical (unpaired) electrons. The van der Waals surface area contributed by atoms with Crippen LogP contribution in [0.25, 0.3) is 11.2 Å². The van der Waals surface area contributed by atoms with E-state index in [2.05, 4.69) is 36.3 Å². The van der Waals surface area contributed by atoms with E-state index >= 15 is 0 Å². The van der Waals surface area contributed by atoms with Gasteiger partial charge in [0, 0.05) is 24.8 Å². The summed E-state index contributed by atoms with van der Waals surface area (Å²) in [5.74, 6) is 0.737. The van der Waals surface area contributed by atoms with Gasteiger partial charge in [-0.25, -0.2) is 23.3 Å². The number of benzene rings is 2. The molecular formula is C32H39N13O7S. The number of carbonyl (C=O) groups is 1. The second-order valence-corrected chi connectivity index (χ2v) is 14.3. The lowest BCUT2D eigenvalue weighted by Crippen LogP contribution is -2.40. The number of nitrogens with zero attached hydrogens (tertiary/aromatic N) is 9. The maximum atomic E-state index is 12.9. The number of imidazole rings is 1. The van der Waals surface area contributed by atoms with Crippen LogP contribution in [0.3, 0.4) is 0 Å². The van der Waals surface area contributed by atoms with Crippen molar-refractivity contribution in [2.75, 3.05) is 35.2 Å². The molecule has 53 heavy (non-hydrogen) atoms. The van der Waals surface area contributed by atoms with Crippen LogP contribution in [0.5, 0.6) is 0 Å². The van der Waals surface area contributed by atoms with Crippen molar-refractivity contribution in [3.8, 4) is 0 Å². The summed E-state index contributed by atoms with van der Waals surface area (Å²) in [5.41, 5.74) is 2.00. The van der Waals surface area contributed by atoms with E-state index in [-0.39, 0.29) is 29.0 Å². The third-order valence-corrected chi connectivity index (χ3v) is 9.99. The predicted molar refractivity (Wildman–Crippen MR) is 189 cm³/mol. The standard InChI is InChI=1S/C32H39N13O7S/c1-2-45-41-28(40-42-45)26-24(47)25(48)30(52-26)44-17-34-23-27(35-21(16-46)14-18-6-4-3-5-7-18)38-31(39-29(23)44)43-13-12-20(15-43)37-32(49)36-19-8-10-22(11-9-19)53(33,50)51/h3-11,17,20-21,24-26,30,46-48H,2,12-16H2,1H3,(H2,33,50,51)(H,35,38,39)(H2,36,37,49)/t20-,21+,24+,25-,26+,30-/m1/s1. The van der Waals surface area contributed by atoms with Crippen molar-refractivity contribution < 1.29 is 33.3 Å². The Labute approximate surface area is 303 Å². The monoisotopic (exact) mass is 749 g/mol. The fourth-order valence-corrected chi connectivity index (χ4v) is 6.85. The quantitative estimate of drug-likeness (QED) is 0.0877. The Hall–Kier alpha value is -5.32. The average molecular weight is 750 g/mol. The summed E-state index contributed by atoms with van der Waals surface area (Å²) >= 11 is 0. The number of hydrogen-bond acceptors (Lipinski definition) is 15. The number of aryl methyl sites for hydroxylation is 1. The molecule has 280 valence electrons. The molecule has 0 bridgehead atoms. The summed E-state index contributed by atoms with van der Waals surface area (Å²) in [6.07, 6.45) is -2.50. The maximum Gasteiger partial charge on any atom is 0.319 e. The van der Waals surface area contributed by atoms with Gasteiger partial charge in [0.1, 0.15) is 12.2 Å². The van der Waals surface area contributed by atoms with Crippen molar-refractivity contribution in [1.82, 2.24) is 45.0 Å². The second-order valence-electron chi connectivity index (χ2n) is 12.8. The zero-order valence-corrected chi connectivity index (χ0v) is 29.3. The largest absolute Gasteiger partial charge is 0.394 e. The Kier molecular flexibility index (Phi) is 10.2. The van der Waals surface area contributed by atoms with Crippen LogP contribution in [0.15, 0.2) is 65.8 Å². The molecule has 2 amide bonds. The van der Waals surface area contributed by atoms with Crippen molar-refractivity contribution >= 4 is 44.7 Å². The zero-order valence-electron chi connectivity index (χ0n) is 28.5. The van der Waals surface area contributed by atoms with Gasteiger partial charge in [-0.15, -0.1) is 10.2 Å². The van der Waals surface area contributed by atoms with Crippen molar-refractivity contribution in [2.24, 2.45) is 5.14 Å². The van der Waals surface area contributed by atoms with Gasteiger partial charge >= 0.3 is 6.03 Å². The lowest BCUT2D eigenvalue weighted by atomic mass is 10.1. The van der Waals surface area contributed by atoms with E-state index in [1.54, 1.807) is 0 Å². The molecule has 0 saturated carbocycles. The number of urea groups is 1. The Morgan fingerprint density at radius 1 is 1.09 bits per heavy atom. The molecule has 2 fully saturated rings. The highest BCUT2D eigenvalue weighted by atomic mass is 32.2. The minimum absolute atomic E-state index is 0.0737.